The average Bonchev–Trinajstić information content (AvgIpc) is 2.63. The Balaban J connectivity index is 2.15. The zero-order valence-electron chi connectivity index (χ0n) is 12.7. The summed E-state index contributed by atoms with van der Waals surface area (Å²) in [7, 11) is 0. The van der Waals surface area contributed by atoms with Gasteiger partial charge in [-0.15, -0.1) is 0 Å². The van der Waals surface area contributed by atoms with Crippen LogP contribution in [0.4, 0.5) is 4.79 Å². The molecule has 1 fully saturated rings. The molecule has 1 heterocycles. The Morgan fingerprint density at radius 2 is 2.00 bits per heavy atom. The molecule has 5 heteroatoms. The highest BCUT2D eigenvalue weighted by Crippen LogP contribution is 2.26. The van der Waals surface area contributed by atoms with Crippen molar-refractivity contribution in [2.75, 3.05) is 6.54 Å². The van der Waals surface area contributed by atoms with Crippen LogP contribution in [0.5, 0.6) is 0 Å². The first-order chi connectivity index (χ1) is 9.89. The van der Waals surface area contributed by atoms with Crippen molar-refractivity contribution in [1.29, 1.82) is 0 Å². The lowest BCUT2D eigenvalue weighted by molar-refractivity contribution is -0.132. The van der Waals surface area contributed by atoms with Crippen molar-refractivity contribution in [3.05, 3.63) is 35.4 Å². The summed E-state index contributed by atoms with van der Waals surface area (Å²) in [5.41, 5.74) is 0.827. The van der Waals surface area contributed by atoms with Gasteiger partial charge in [0.15, 0.2) is 0 Å². The Labute approximate surface area is 125 Å². The second-order valence-corrected chi connectivity index (χ2v) is 5.80. The normalized spacial score (nSPS) is 23.3. The van der Waals surface area contributed by atoms with E-state index in [-0.39, 0.29) is 12.5 Å². The number of nitrogens with zero attached hydrogens (tertiary/aromatic N) is 1. The third kappa shape index (κ3) is 2.93. The van der Waals surface area contributed by atoms with Crippen LogP contribution in [0, 0.1) is 6.92 Å². The van der Waals surface area contributed by atoms with Crippen molar-refractivity contribution in [3.63, 3.8) is 0 Å². The minimum atomic E-state index is -0.870. The van der Waals surface area contributed by atoms with Crippen molar-refractivity contribution in [1.82, 2.24) is 10.2 Å². The van der Waals surface area contributed by atoms with Crippen LogP contribution in [-0.2, 0) is 4.79 Å². The molecular formula is C16H22N2O3. The molecule has 0 radical (unpaired) electrons. The molecule has 1 aliphatic heterocycles. The first-order valence-corrected chi connectivity index (χ1v) is 7.26. The average molecular weight is 290 g/mol. The predicted molar refractivity (Wildman–Crippen MR) is 79.7 cm³/mol. The summed E-state index contributed by atoms with van der Waals surface area (Å²) in [6.07, 6.45) is 0.524. The van der Waals surface area contributed by atoms with E-state index in [0.29, 0.717) is 6.42 Å². The summed E-state index contributed by atoms with van der Waals surface area (Å²) >= 11 is 0. The van der Waals surface area contributed by atoms with Crippen LogP contribution < -0.4 is 5.32 Å². The summed E-state index contributed by atoms with van der Waals surface area (Å²) in [5, 5.41) is 13.1. The van der Waals surface area contributed by atoms with Gasteiger partial charge in [0.25, 0.3) is 5.91 Å². The first kappa shape index (κ1) is 15.5. The van der Waals surface area contributed by atoms with E-state index in [1.54, 1.807) is 6.92 Å². The van der Waals surface area contributed by atoms with Crippen molar-refractivity contribution in [3.8, 4) is 0 Å². The Hall–Kier alpha value is -1.88. The van der Waals surface area contributed by atoms with Crippen molar-refractivity contribution < 1.29 is 14.7 Å². The lowest BCUT2D eigenvalue weighted by Gasteiger charge is -2.22. The number of imide groups is 1. The molecule has 1 aromatic carbocycles. The fourth-order valence-electron chi connectivity index (χ4n) is 2.81. The van der Waals surface area contributed by atoms with Gasteiger partial charge >= 0.3 is 6.03 Å². The maximum absolute atomic E-state index is 12.4. The molecule has 5 nitrogen and oxygen atoms in total. The quantitative estimate of drug-likeness (QED) is 0.816. The van der Waals surface area contributed by atoms with Gasteiger partial charge in [0, 0.05) is 0 Å². The number of nitrogens with one attached hydrogen (secondary N) is 1. The second-order valence-electron chi connectivity index (χ2n) is 5.80. The van der Waals surface area contributed by atoms with Crippen LogP contribution in [-0.4, -0.2) is 34.0 Å². The summed E-state index contributed by atoms with van der Waals surface area (Å²) in [6.45, 7) is 5.58. The Bertz CT molecular complexity index is 558. The monoisotopic (exact) mass is 290 g/mol. The van der Waals surface area contributed by atoms with E-state index in [2.05, 4.69) is 5.32 Å². The molecule has 0 bridgehead atoms. The summed E-state index contributed by atoms with van der Waals surface area (Å²) in [6, 6.07) is 6.99. The molecule has 114 valence electrons. The predicted octanol–water partition coefficient (Wildman–Crippen LogP) is 2.14. The number of hydrogen-bond acceptors (Lipinski definition) is 3. The van der Waals surface area contributed by atoms with Gasteiger partial charge in [-0.25, -0.2) is 4.79 Å². The molecule has 2 rings (SSSR count). The highest BCUT2D eigenvalue weighted by atomic mass is 16.3. The second kappa shape index (κ2) is 5.85. The van der Waals surface area contributed by atoms with E-state index in [0.717, 1.165) is 22.4 Å². The molecule has 1 aromatic rings. The summed E-state index contributed by atoms with van der Waals surface area (Å²) in [4.78, 5) is 25.5. The molecule has 2 N–H and O–H groups in total. The standard InChI is InChI=1S/C16H22N2O3/c1-4-9-16(3)14(20)18(15(21)17-16)10-13(19)12-8-6-5-7-11(12)2/h5-8,13,19H,4,9-10H2,1-3H3,(H,17,21). The maximum atomic E-state index is 12.4. The van der Waals surface area contributed by atoms with Crippen LogP contribution in [0.2, 0.25) is 0 Å². The zero-order chi connectivity index (χ0) is 15.6. The number of aliphatic hydroxyl groups excluding tert-OH is 1. The topological polar surface area (TPSA) is 69.6 Å². The fraction of sp³-hybridized carbons (Fsp3) is 0.500. The highest BCUT2D eigenvalue weighted by molar-refractivity contribution is 6.06. The van der Waals surface area contributed by atoms with Crippen LogP contribution in [0.15, 0.2) is 24.3 Å². The van der Waals surface area contributed by atoms with E-state index in [4.69, 9.17) is 0 Å². The van der Waals surface area contributed by atoms with E-state index < -0.39 is 17.7 Å². The molecule has 0 aliphatic carbocycles. The van der Waals surface area contributed by atoms with Crippen LogP contribution in [0.3, 0.4) is 0 Å². The number of aliphatic hydroxyl groups is 1. The van der Waals surface area contributed by atoms with Crippen molar-refractivity contribution >= 4 is 11.9 Å². The number of rotatable bonds is 5. The van der Waals surface area contributed by atoms with E-state index in [9.17, 15) is 14.7 Å². The molecule has 0 aromatic heterocycles. The molecule has 3 amide bonds. The van der Waals surface area contributed by atoms with Gasteiger partial charge < -0.3 is 10.4 Å². The largest absolute Gasteiger partial charge is 0.387 e. The minimum Gasteiger partial charge on any atom is -0.387 e. The van der Waals surface area contributed by atoms with Crippen LogP contribution >= 0.6 is 0 Å². The maximum Gasteiger partial charge on any atom is 0.325 e. The Morgan fingerprint density at radius 1 is 1.33 bits per heavy atom. The van der Waals surface area contributed by atoms with Crippen molar-refractivity contribution in [2.24, 2.45) is 0 Å². The molecule has 1 saturated heterocycles. The number of amides is 3. The fourth-order valence-corrected chi connectivity index (χ4v) is 2.81. The molecular weight excluding hydrogens is 268 g/mol. The molecule has 1 aliphatic rings. The number of urea groups is 1. The molecule has 21 heavy (non-hydrogen) atoms. The molecule has 0 saturated carbocycles. The minimum absolute atomic E-state index is 0.0190. The number of aryl methyl sites for hydroxylation is 1. The van der Waals surface area contributed by atoms with Crippen molar-refractivity contribution in [2.45, 2.75) is 45.3 Å². The molecule has 2 atom stereocenters. The van der Waals surface area contributed by atoms with Gasteiger partial charge in [-0.1, -0.05) is 37.6 Å². The third-order valence-electron chi connectivity index (χ3n) is 4.00. The number of hydrogen-bond donors (Lipinski definition) is 2. The number of carbonyl (C=O) groups is 2. The van der Waals surface area contributed by atoms with Gasteiger partial charge in [0.05, 0.1) is 12.6 Å². The molecule has 2 unspecified atom stereocenters. The van der Waals surface area contributed by atoms with Gasteiger partial charge in [0.1, 0.15) is 5.54 Å². The smallest absolute Gasteiger partial charge is 0.325 e. The summed E-state index contributed by atoms with van der Waals surface area (Å²) in [5.74, 6) is -0.262. The van der Waals surface area contributed by atoms with E-state index in [1.807, 2.05) is 38.1 Å². The Morgan fingerprint density at radius 3 is 2.62 bits per heavy atom. The number of carbonyl (C=O) groups excluding carboxylic acids is 2. The van der Waals surface area contributed by atoms with Gasteiger partial charge in [0.2, 0.25) is 0 Å². The third-order valence-corrected chi connectivity index (χ3v) is 4.00. The van der Waals surface area contributed by atoms with Gasteiger partial charge in [-0.3, -0.25) is 9.69 Å². The zero-order valence-corrected chi connectivity index (χ0v) is 12.7. The van der Waals surface area contributed by atoms with Crippen LogP contribution in [0.25, 0.3) is 0 Å². The first-order valence-electron chi connectivity index (χ1n) is 7.26. The van der Waals surface area contributed by atoms with Gasteiger partial charge in [-0.2, -0.15) is 0 Å². The molecule has 0 spiro atoms. The lowest BCUT2D eigenvalue weighted by Crippen LogP contribution is -2.44. The van der Waals surface area contributed by atoms with E-state index >= 15 is 0 Å². The Kier molecular flexibility index (Phi) is 4.32. The number of β-amino-alcohol motifs (C(OH)–C–C–N with tert-alkyl or cyclic N) is 1. The lowest BCUT2D eigenvalue weighted by atomic mass is 9.96. The van der Waals surface area contributed by atoms with Gasteiger partial charge in [-0.05, 0) is 31.4 Å². The highest BCUT2D eigenvalue weighted by Gasteiger charge is 2.47. The van der Waals surface area contributed by atoms with Crippen LogP contribution in [0.1, 0.15) is 43.9 Å². The van der Waals surface area contributed by atoms with E-state index in [1.165, 1.54) is 0 Å². The number of benzene rings is 1. The SMILES string of the molecule is CCCC1(C)NC(=O)N(CC(O)c2ccccc2C)C1=O. The summed E-state index contributed by atoms with van der Waals surface area (Å²) < 4.78 is 0.